The Hall–Kier alpha value is -2.43. The smallest absolute Gasteiger partial charge is 0.274 e. The van der Waals surface area contributed by atoms with E-state index in [0.29, 0.717) is 23.3 Å². The summed E-state index contributed by atoms with van der Waals surface area (Å²) in [6.07, 6.45) is 0.862. The number of amides is 1. The summed E-state index contributed by atoms with van der Waals surface area (Å²) in [4.78, 5) is 21.1. The van der Waals surface area contributed by atoms with E-state index in [9.17, 15) is 4.79 Å². The van der Waals surface area contributed by atoms with E-state index >= 15 is 0 Å². The van der Waals surface area contributed by atoms with Gasteiger partial charge in [0.2, 0.25) is 0 Å². The predicted octanol–water partition coefficient (Wildman–Crippen LogP) is 3.67. The van der Waals surface area contributed by atoms with E-state index in [1.165, 1.54) is 0 Å². The van der Waals surface area contributed by atoms with Crippen molar-refractivity contribution in [3.8, 4) is 0 Å². The second-order valence-corrected chi connectivity index (χ2v) is 5.93. The van der Waals surface area contributed by atoms with Crippen molar-refractivity contribution in [3.63, 3.8) is 0 Å². The van der Waals surface area contributed by atoms with Crippen LogP contribution in [0.3, 0.4) is 0 Å². The Bertz CT molecular complexity index is 682. The molecule has 0 radical (unpaired) electrons. The van der Waals surface area contributed by atoms with Crippen LogP contribution in [0.2, 0.25) is 0 Å². The Morgan fingerprint density at radius 1 is 1.22 bits per heavy atom. The molecule has 0 unspecified atom stereocenters. The molecule has 0 aliphatic heterocycles. The highest BCUT2D eigenvalue weighted by atomic mass is 16.1. The predicted molar refractivity (Wildman–Crippen MR) is 93.9 cm³/mol. The van der Waals surface area contributed by atoms with Gasteiger partial charge in [0.05, 0.1) is 0 Å². The van der Waals surface area contributed by atoms with Gasteiger partial charge in [0.25, 0.3) is 5.91 Å². The van der Waals surface area contributed by atoms with Gasteiger partial charge in [0.1, 0.15) is 17.3 Å². The highest BCUT2D eigenvalue weighted by molar-refractivity contribution is 6.03. The Kier molecular flexibility index (Phi) is 5.68. The number of hydrogen-bond donors (Lipinski definition) is 2. The third-order valence-corrected chi connectivity index (χ3v) is 3.41. The molecule has 0 spiro atoms. The second-order valence-electron chi connectivity index (χ2n) is 5.93. The zero-order valence-electron chi connectivity index (χ0n) is 14.2. The summed E-state index contributed by atoms with van der Waals surface area (Å²) in [7, 11) is 0. The number of aromatic nitrogens is 2. The molecule has 0 saturated carbocycles. The molecule has 2 aromatic rings. The SMILES string of the molecule is CCc1ccccc1NC(=O)c1cc(NCC(C)C)nc(C)n1. The molecule has 2 N–H and O–H groups in total. The second kappa shape index (κ2) is 7.72. The number of para-hydroxylation sites is 1. The summed E-state index contributed by atoms with van der Waals surface area (Å²) in [5.74, 6) is 1.54. The van der Waals surface area contributed by atoms with Gasteiger partial charge >= 0.3 is 0 Å². The molecule has 0 saturated heterocycles. The van der Waals surface area contributed by atoms with Crippen molar-refractivity contribution in [1.29, 1.82) is 0 Å². The van der Waals surface area contributed by atoms with Crippen LogP contribution >= 0.6 is 0 Å². The highest BCUT2D eigenvalue weighted by Gasteiger charge is 2.12. The van der Waals surface area contributed by atoms with Crippen LogP contribution < -0.4 is 10.6 Å². The first-order valence-corrected chi connectivity index (χ1v) is 7.98. The van der Waals surface area contributed by atoms with Crippen molar-refractivity contribution in [2.75, 3.05) is 17.2 Å². The van der Waals surface area contributed by atoms with E-state index in [1.54, 1.807) is 13.0 Å². The van der Waals surface area contributed by atoms with E-state index in [1.807, 2.05) is 24.3 Å². The van der Waals surface area contributed by atoms with Crippen LogP contribution in [0.5, 0.6) is 0 Å². The van der Waals surface area contributed by atoms with Gasteiger partial charge in [-0.2, -0.15) is 0 Å². The van der Waals surface area contributed by atoms with E-state index in [-0.39, 0.29) is 5.91 Å². The van der Waals surface area contributed by atoms with Crippen molar-refractivity contribution in [1.82, 2.24) is 9.97 Å². The Balaban J connectivity index is 2.18. The number of hydrogen-bond acceptors (Lipinski definition) is 4. The minimum Gasteiger partial charge on any atom is -0.370 e. The molecule has 5 nitrogen and oxygen atoms in total. The van der Waals surface area contributed by atoms with Crippen molar-refractivity contribution >= 4 is 17.4 Å². The monoisotopic (exact) mass is 312 g/mol. The number of anilines is 2. The van der Waals surface area contributed by atoms with Gasteiger partial charge in [-0.05, 0) is 30.9 Å². The molecule has 1 aromatic heterocycles. The molecule has 5 heteroatoms. The molecule has 0 bridgehead atoms. The molecule has 0 fully saturated rings. The zero-order chi connectivity index (χ0) is 16.8. The minimum atomic E-state index is -0.219. The van der Waals surface area contributed by atoms with Crippen molar-refractivity contribution in [2.24, 2.45) is 5.92 Å². The van der Waals surface area contributed by atoms with Crippen molar-refractivity contribution < 1.29 is 4.79 Å². The lowest BCUT2D eigenvalue weighted by atomic mass is 10.1. The Morgan fingerprint density at radius 3 is 2.65 bits per heavy atom. The third-order valence-electron chi connectivity index (χ3n) is 3.41. The van der Waals surface area contributed by atoms with Gasteiger partial charge in [-0.1, -0.05) is 39.0 Å². The Labute approximate surface area is 137 Å². The van der Waals surface area contributed by atoms with Crippen molar-refractivity contribution in [3.05, 3.63) is 47.4 Å². The molecule has 2 rings (SSSR count). The third kappa shape index (κ3) is 4.77. The quantitative estimate of drug-likeness (QED) is 0.854. The van der Waals surface area contributed by atoms with Crippen molar-refractivity contribution in [2.45, 2.75) is 34.1 Å². The number of nitrogens with one attached hydrogen (secondary N) is 2. The fourth-order valence-corrected chi connectivity index (χ4v) is 2.22. The lowest BCUT2D eigenvalue weighted by Crippen LogP contribution is -2.17. The van der Waals surface area contributed by atoms with Crippen LogP contribution in [0.25, 0.3) is 0 Å². The molecule has 1 aromatic carbocycles. The molecular weight excluding hydrogens is 288 g/mol. The number of aryl methyl sites for hydroxylation is 2. The average molecular weight is 312 g/mol. The van der Waals surface area contributed by atoms with Crippen LogP contribution in [0, 0.1) is 12.8 Å². The maximum atomic E-state index is 12.5. The number of carbonyl (C=O) groups is 1. The standard InChI is InChI=1S/C18H24N4O/c1-5-14-8-6-7-9-15(14)22-18(23)16-10-17(19-11-12(2)3)21-13(4)20-16/h6-10,12H,5,11H2,1-4H3,(H,22,23)(H,19,20,21). The van der Waals surface area contributed by atoms with Gasteiger partial charge in [0.15, 0.2) is 0 Å². The lowest BCUT2D eigenvalue weighted by Gasteiger charge is -2.12. The summed E-state index contributed by atoms with van der Waals surface area (Å²) in [5, 5.41) is 6.18. The van der Waals surface area contributed by atoms with Gasteiger partial charge in [0, 0.05) is 18.3 Å². The van der Waals surface area contributed by atoms with E-state index in [2.05, 4.69) is 41.4 Å². The van der Waals surface area contributed by atoms with Crippen LogP contribution in [-0.2, 0) is 6.42 Å². The average Bonchev–Trinajstić information content (AvgIpc) is 2.53. The molecule has 1 amide bonds. The number of rotatable bonds is 6. The number of nitrogens with zero attached hydrogens (tertiary/aromatic N) is 2. The van der Waals surface area contributed by atoms with Gasteiger partial charge < -0.3 is 10.6 Å². The first kappa shape index (κ1) is 16.9. The molecule has 0 aliphatic rings. The molecule has 1 heterocycles. The summed E-state index contributed by atoms with van der Waals surface area (Å²) >= 11 is 0. The Morgan fingerprint density at radius 2 is 1.96 bits per heavy atom. The molecular formula is C18H24N4O. The fourth-order valence-electron chi connectivity index (χ4n) is 2.22. The highest BCUT2D eigenvalue weighted by Crippen LogP contribution is 2.17. The molecule has 0 aliphatic carbocycles. The first-order chi connectivity index (χ1) is 11.0. The minimum absolute atomic E-state index is 0.219. The topological polar surface area (TPSA) is 66.9 Å². The molecule has 0 atom stereocenters. The van der Waals surface area contributed by atoms with Gasteiger partial charge in [-0.15, -0.1) is 0 Å². The maximum Gasteiger partial charge on any atom is 0.274 e. The van der Waals surface area contributed by atoms with E-state index in [0.717, 1.165) is 24.2 Å². The van der Waals surface area contributed by atoms with E-state index in [4.69, 9.17) is 0 Å². The zero-order valence-corrected chi connectivity index (χ0v) is 14.2. The fraction of sp³-hybridized carbons (Fsp3) is 0.389. The van der Waals surface area contributed by atoms with Crippen LogP contribution in [0.4, 0.5) is 11.5 Å². The summed E-state index contributed by atoms with van der Waals surface area (Å²) < 4.78 is 0. The molecule has 23 heavy (non-hydrogen) atoms. The van der Waals surface area contributed by atoms with Gasteiger partial charge in [-0.25, -0.2) is 9.97 Å². The molecule has 122 valence electrons. The van der Waals surface area contributed by atoms with Crippen LogP contribution in [0.15, 0.2) is 30.3 Å². The summed E-state index contributed by atoms with van der Waals surface area (Å²) in [5.41, 5.74) is 2.30. The first-order valence-electron chi connectivity index (χ1n) is 7.98. The van der Waals surface area contributed by atoms with Crippen LogP contribution in [0.1, 0.15) is 42.6 Å². The largest absolute Gasteiger partial charge is 0.370 e. The number of benzene rings is 1. The number of carbonyl (C=O) groups excluding carboxylic acids is 1. The maximum absolute atomic E-state index is 12.5. The lowest BCUT2D eigenvalue weighted by molar-refractivity contribution is 0.102. The summed E-state index contributed by atoms with van der Waals surface area (Å²) in [6, 6.07) is 9.49. The van der Waals surface area contributed by atoms with E-state index < -0.39 is 0 Å². The van der Waals surface area contributed by atoms with Gasteiger partial charge in [-0.3, -0.25) is 4.79 Å². The van der Waals surface area contributed by atoms with Crippen LogP contribution in [-0.4, -0.2) is 22.4 Å². The summed E-state index contributed by atoms with van der Waals surface area (Å²) in [6.45, 7) is 8.90. The normalized spacial score (nSPS) is 10.7.